The van der Waals surface area contributed by atoms with Crippen molar-refractivity contribution in [1.82, 2.24) is 9.88 Å². The predicted molar refractivity (Wildman–Crippen MR) is 118 cm³/mol. The fourth-order valence-electron chi connectivity index (χ4n) is 4.04. The number of nitrogens with one attached hydrogen (secondary N) is 2. The second kappa shape index (κ2) is 8.51. The number of carbonyl (C=O) groups is 2. The van der Waals surface area contributed by atoms with Gasteiger partial charge in [-0.1, -0.05) is 6.07 Å². The molecule has 0 aliphatic carbocycles. The van der Waals surface area contributed by atoms with Crippen LogP contribution in [0.25, 0.3) is 10.9 Å². The summed E-state index contributed by atoms with van der Waals surface area (Å²) in [4.78, 5) is 25.3. The number of amides is 2. The second-order valence-corrected chi connectivity index (χ2v) is 8.10. The summed E-state index contributed by atoms with van der Waals surface area (Å²) in [5.41, 5.74) is 1.97. The van der Waals surface area contributed by atoms with Crippen LogP contribution in [-0.4, -0.2) is 35.1 Å². The molecule has 1 atom stereocenters. The van der Waals surface area contributed by atoms with Gasteiger partial charge in [-0.05, 0) is 69.2 Å². The monoisotopic (exact) mass is 423 g/mol. The molecular weight excluding hydrogens is 397 g/mol. The number of fused-ring (bicyclic) bond motifs is 1. The van der Waals surface area contributed by atoms with Gasteiger partial charge in [-0.25, -0.2) is 4.39 Å². The van der Waals surface area contributed by atoms with Gasteiger partial charge in [0.15, 0.2) is 0 Å². The van der Waals surface area contributed by atoms with E-state index in [4.69, 9.17) is 4.74 Å². The summed E-state index contributed by atoms with van der Waals surface area (Å²) in [5.74, 6) is -1.01. The SMILES string of the molecule is CCn1c(C(=O)NC[C@@]2(C)CCCO2)cc2cc(NC(=O)c3cccc(F)c3)ccc21. The smallest absolute Gasteiger partial charge is 0.268 e. The zero-order chi connectivity index (χ0) is 22.0. The van der Waals surface area contributed by atoms with Crippen LogP contribution in [-0.2, 0) is 11.3 Å². The Kier molecular flexibility index (Phi) is 5.78. The fraction of sp³-hybridized carbons (Fsp3) is 0.333. The quantitative estimate of drug-likeness (QED) is 0.619. The minimum atomic E-state index is -0.462. The van der Waals surface area contributed by atoms with Crippen molar-refractivity contribution in [2.45, 2.75) is 38.8 Å². The maximum Gasteiger partial charge on any atom is 0.268 e. The molecule has 0 saturated carbocycles. The van der Waals surface area contributed by atoms with Crippen LogP contribution in [0.2, 0.25) is 0 Å². The number of ether oxygens (including phenoxy) is 1. The van der Waals surface area contributed by atoms with Crippen molar-refractivity contribution in [3.63, 3.8) is 0 Å². The molecule has 2 heterocycles. The molecule has 2 amide bonds. The first kappa shape index (κ1) is 21.1. The molecule has 2 N–H and O–H groups in total. The average Bonchev–Trinajstić information content (AvgIpc) is 3.35. The fourth-order valence-corrected chi connectivity index (χ4v) is 4.04. The summed E-state index contributed by atoms with van der Waals surface area (Å²) in [7, 11) is 0. The number of hydrogen-bond acceptors (Lipinski definition) is 3. The van der Waals surface area contributed by atoms with E-state index in [0.29, 0.717) is 24.5 Å². The zero-order valence-corrected chi connectivity index (χ0v) is 17.7. The van der Waals surface area contributed by atoms with E-state index >= 15 is 0 Å². The molecule has 1 fully saturated rings. The van der Waals surface area contributed by atoms with Crippen LogP contribution >= 0.6 is 0 Å². The number of halogens is 1. The van der Waals surface area contributed by atoms with E-state index in [9.17, 15) is 14.0 Å². The maximum atomic E-state index is 13.4. The third-order valence-corrected chi connectivity index (χ3v) is 5.72. The zero-order valence-electron chi connectivity index (χ0n) is 17.7. The van der Waals surface area contributed by atoms with Crippen molar-refractivity contribution >= 4 is 28.4 Å². The van der Waals surface area contributed by atoms with Crippen molar-refractivity contribution < 1.29 is 18.7 Å². The number of hydrogen-bond donors (Lipinski definition) is 2. The first-order valence-electron chi connectivity index (χ1n) is 10.5. The first-order valence-corrected chi connectivity index (χ1v) is 10.5. The molecule has 0 spiro atoms. The van der Waals surface area contributed by atoms with Crippen LogP contribution in [0.4, 0.5) is 10.1 Å². The molecule has 6 nitrogen and oxygen atoms in total. The minimum Gasteiger partial charge on any atom is -0.373 e. The molecular formula is C24H26FN3O3. The Morgan fingerprint density at radius 3 is 2.71 bits per heavy atom. The summed E-state index contributed by atoms with van der Waals surface area (Å²) in [6, 6.07) is 12.8. The lowest BCUT2D eigenvalue weighted by atomic mass is 10.0. The summed E-state index contributed by atoms with van der Waals surface area (Å²) in [5, 5.41) is 6.63. The topological polar surface area (TPSA) is 72.4 Å². The highest BCUT2D eigenvalue weighted by molar-refractivity contribution is 6.06. The molecule has 0 unspecified atom stereocenters. The van der Waals surface area contributed by atoms with E-state index in [1.807, 2.05) is 36.6 Å². The van der Waals surface area contributed by atoms with Crippen LogP contribution in [0.5, 0.6) is 0 Å². The van der Waals surface area contributed by atoms with Gasteiger partial charge in [0.25, 0.3) is 11.8 Å². The van der Waals surface area contributed by atoms with Crippen LogP contribution in [0.3, 0.4) is 0 Å². The van der Waals surface area contributed by atoms with Gasteiger partial charge < -0.3 is 19.9 Å². The van der Waals surface area contributed by atoms with E-state index < -0.39 is 11.7 Å². The predicted octanol–water partition coefficient (Wildman–Crippen LogP) is 4.35. The Balaban J connectivity index is 1.54. The number of nitrogens with zero attached hydrogens (tertiary/aromatic N) is 1. The van der Waals surface area contributed by atoms with E-state index in [0.717, 1.165) is 30.4 Å². The molecule has 0 bridgehead atoms. The lowest BCUT2D eigenvalue weighted by molar-refractivity contribution is 0.0205. The molecule has 1 saturated heterocycles. The molecule has 7 heteroatoms. The highest BCUT2D eigenvalue weighted by Crippen LogP contribution is 2.26. The van der Waals surface area contributed by atoms with Crippen molar-refractivity contribution in [3.05, 3.63) is 65.6 Å². The van der Waals surface area contributed by atoms with E-state index in [2.05, 4.69) is 10.6 Å². The number of benzene rings is 2. The number of carbonyl (C=O) groups excluding carboxylic acids is 2. The van der Waals surface area contributed by atoms with Crippen molar-refractivity contribution in [2.24, 2.45) is 0 Å². The summed E-state index contributed by atoms with van der Waals surface area (Å²) >= 11 is 0. The summed E-state index contributed by atoms with van der Waals surface area (Å²) < 4.78 is 21.1. The van der Waals surface area contributed by atoms with Crippen LogP contribution in [0.1, 0.15) is 47.5 Å². The third kappa shape index (κ3) is 4.46. The number of rotatable bonds is 6. The maximum absolute atomic E-state index is 13.4. The summed E-state index contributed by atoms with van der Waals surface area (Å²) in [6.45, 7) is 5.83. The van der Waals surface area contributed by atoms with Gasteiger partial charge in [-0.15, -0.1) is 0 Å². The Morgan fingerprint density at radius 1 is 1.16 bits per heavy atom. The van der Waals surface area contributed by atoms with Crippen molar-refractivity contribution in [2.75, 3.05) is 18.5 Å². The molecule has 1 aliphatic heterocycles. The van der Waals surface area contributed by atoms with Crippen molar-refractivity contribution in [1.29, 1.82) is 0 Å². The molecule has 1 aliphatic rings. The highest BCUT2D eigenvalue weighted by Gasteiger charge is 2.30. The van der Waals surface area contributed by atoms with Gasteiger partial charge in [-0.2, -0.15) is 0 Å². The molecule has 162 valence electrons. The van der Waals surface area contributed by atoms with Crippen molar-refractivity contribution in [3.8, 4) is 0 Å². The summed E-state index contributed by atoms with van der Waals surface area (Å²) in [6.07, 6.45) is 1.93. The minimum absolute atomic E-state index is 0.153. The van der Waals surface area contributed by atoms with E-state index in [1.54, 1.807) is 12.1 Å². The number of aromatic nitrogens is 1. The Hall–Kier alpha value is -3.19. The lowest BCUT2D eigenvalue weighted by Gasteiger charge is -2.23. The van der Waals surface area contributed by atoms with Crippen LogP contribution in [0, 0.1) is 5.82 Å². The molecule has 2 aromatic carbocycles. The Bertz CT molecular complexity index is 1130. The molecule has 4 rings (SSSR count). The lowest BCUT2D eigenvalue weighted by Crippen LogP contribution is -2.40. The largest absolute Gasteiger partial charge is 0.373 e. The standard InChI is InChI=1S/C24H26FN3O3/c1-3-28-20-9-8-19(27-22(29)16-6-4-7-18(25)12-16)13-17(20)14-21(28)23(30)26-15-24(2)10-5-11-31-24/h4,6-9,12-14H,3,5,10-11,15H2,1-2H3,(H,26,30)(H,27,29)/t24-/m1/s1. The third-order valence-electron chi connectivity index (χ3n) is 5.72. The molecule has 1 aromatic heterocycles. The highest BCUT2D eigenvalue weighted by atomic mass is 19.1. The van der Waals surface area contributed by atoms with E-state index in [-0.39, 0.29) is 17.1 Å². The van der Waals surface area contributed by atoms with E-state index in [1.165, 1.54) is 18.2 Å². The Labute approximate surface area is 180 Å². The van der Waals surface area contributed by atoms with Crippen LogP contribution in [0.15, 0.2) is 48.5 Å². The average molecular weight is 423 g/mol. The number of aryl methyl sites for hydroxylation is 1. The van der Waals surface area contributed by atoms with Gasteiger partial charge in [0, 0.05) is 41.9 Å². The van der Waals surface area contributed by atoms with Gasteiger partial charge >= 0.3 is 0 Å². The second-order valence-electron chi connectivity index (χ2n) is 8.10. The molecule has 0 radical (unpaired) electrons. The molecule has 3 aromatic rings. The normalized spacial score (nSPS) is 18.3. The molecule has 31 heavy (non-hydrogen) atoms. The Morgan fingerprint density at radius 2 is 2.00 bits per heavy atom. The van der Waals surface area contributed by atoms with Gasteiger partial charge in [0.1, 0.15) is 11.5 Å². The van der Waals surface area contributed by atoms with Gasteiger partial charge in [0.05, 0.1) is 5.60 Å². The van der Waals surface area contributed by atoms with Crippen LogP contribution < -0.4 is 10.6 Å². The number of anilines is 1. The van der Waals surface area contributed by atoms with Gasteiger partial charge in [0.2, 0.25) is 0 Å². The van der Waals surface area contributed by atoms with Gasteiger partial charge in [-0.3, -0.25) is 9.59 Å². The first-order chi connectivity index (χ1) is 14.9.